The van der Waals surface area contributed by atoms with Crippen LogP contribution in [0.1, 0.15) is 28.8 Å². The quantitative estimate of drug-likeness (QED) is 0.858. The lowest BCUT2D eigenvalue weighted by atomic mass is 10.0. The number of carbonyl (C=O) groups is 1. The summed E-state index contributed by atoms with van der Waals surface area (Å²) in [6, 6.07) is 16.6. The average Bonchev–Trinajstić information content (AvgIpc) is 3.02. The summed E-state index contributed by atoms with van der Waals surface area (Å²) < 4.78 is 23.1. The van der Waals surface area contributed by atoms with Gasteiger partial charge < -0.3 is 4.90 Å². The van der Waals surface area contributed by atoms with Gasteiger partial charge in [0.15, 0.2) is 9.84 Å². The molecule has 2 aromatic carbocycles. The maximum Gasteiger partial charge on any atom is 0.254 e. The molecule has 3 rings (SSSR count). The van der Waals surface area contributed by atoms with Crippen molar-refractivity contribution in [2.45, 2.75) is 30.2 Å². The molecule has 1 amide bonds. The van der Waals surface area contributed by atoms with Crippen molar-refractivity contribution >= 4 is 15.7 Å². The van der Waals surface area contributed by atoms with Crippen molar-refractivity contribution in [2.24, 2.45) is 0 Å². The van der Waals surface area contributed by atoms with Crippen molar-refractivity contribution in [1.82, 2.24) is 4.90 Å². The van der Waals surface area contributed by atoms with Crippen molar-refractivity contribution in [2.75, 3.05) is 12.8 Å². The molecular weight excluding hydrogens is 322 g/mol. The van der Waals surface area contributed by atoms with Crippen molar-refractivity contribution in [3.63, 3.8) is 0 Å². The standard InChI is InChI=1S/C19H21NO3S/c1-24(22,23)18-11-9-16(10-12-18)19(21)20-13-5-8-17(20)14-15-6-3-2-4-7-15/h2-4,6-7,9-12,17H,5,8,13-14H2,1H3/t17-/m0/s1. The van der Waals surface area contributed by atoms with Crippen LogP contribution in [-0.2, 0) is 16.3 Å². The maximum atomic E-state index is 12.8. The first-order chi connectivity index (χ1) is 11.4. The Morgan fingerprint density at radius 2 is 1.75 bits per heavy atom. The first-order valence-electron chi connectivity index (χ1n) is 8.10. The summed E-state index contributed by atoms with van der Waals surface area (Å²) in [6.07, 6.45) is 4.03. The van der Waals surface area contributed by atoms with Crippen LogP contribution in [-0.4, -0.2) is 38.1 Å². The number of hydrogen-bond acceptors (Lipinski definition) is 3. The van der Waals surface area contributed by atoms with E-state index >= 15 is 0 Å². The smallest absolute Gasteiger partial charge is 0.254 e. The normalized spacial score (nSPS) is 17.9. The number of nitrogens with zero attached hydrogens (tertiary/aromatic N) is 1. The molecule has 0 aromatic heterocycles. The second-order valence-corrected chi connectivity index (χ2v) is 8.30. The van der Waals surface area contributed by atoms with Gasteiger partial charge in [-0.3, -0.25) is 4.79 Å². The summed E-state index contributed by atoms with van der Waals surface area (Å²) in [4.78, 5) is 14.9. The van der Waals surface area contributed by atoms with E-state index in [-0.39, 0.29) is 16.8 Å². The molecule has 1 aliphatic rings. The lowest BCUT2D eigenvalue weighted by Crippen LogP contribution is -2.36. The molecule has 2 aromatic rings. The molecule has 1 aliphatic heterocycles. The van der Waals surface area contributed by atoms with E-state index in [9.17, 15) is 13.2 Å². The molecule has 126 valence electrons. The highest BCUT2D eigenvalue weighted by molar-refractivity contribution is 7.90. The van der Waals surface area contributed by atoms with Gasteiger partial charge in [-0.2, -0.15) is 0 Å². The van der Waals surface area contributed by atoms with Crippen LogP contribution in [0.5, 0.6) is 0 Å². The minimum Gasteiger partial charge on any atom is -0.335 e. The van der Waals surface area contributed by atoms with Gasteiger partial charge >= 0.3 is 0 Å². The van der Waals surface area contributed by atoms with Gasteiger partial charge in [0.05, 0.1) is 4.90 Å². The van der Waals surface area contributed by atoms with Gasteiger partial charge in [-0.15, -0.1) is 0 Å². The van der Waals surface area contributed by atoms with Gasteiger partial charge in [-0.1, -0.05) is 30.3 Å². The van der Waals surface area contributed by atoms with E-state index in [0.29, 0.717) is 5.56 Å². The third kappa shape index (κ3) is 3.67. The predicted octanol–water partition coefficient (Wildman–Crippen LogP) is 2.94. The molecule has 0 spiro atoms. The van der Waals surface area contributed by atoms with Crippen molar-refractivity contribution in [3.8, 4) is 0 Å². The third-order valence-electron chi connectivity index (χ3n) is 4.48. The highest BCUT2D eigenvalue weighted by atomic mass is 32.2. The monoisotopic (exact) mass is 343 g/mol. The zero-order chi connectivity index (χ0) is 17.2. The van der Waals surface area contributed by atoms with Gasteiger partial charge in [-0.25, -0.2) is 8.42 Å². The first-order valence-corrected chi connectivity index (χ1v) is 9.99. The van der Waals surface area contributed by atoms with E-state index in [4.69, 9.17) is 0 Å². The zero-order valence-electron chi connectivity index (χ0n) is 13.7. The van der Waals surface area contributed by atoms with Crippen LogP contribution in [0, 0.1) is 0 Å². The lowest BCUT2D eigenvalue weighted by Gasteiger charge is -2.25. The maximum absolute atomic E-state index is 12.8. The molecule has 0 N–H and O–H groups in total. The molecule has 5 heteroatoms. The van der Waals surface area contributed by atoms with E-state index < -0.39 is 9.84 Å². The van der Waals surface area contributed by atoms with Gasteiger partial charge in [0.2, 0.25) is 0 Å². The SMILES string of the molecule is CS(=O)(=O)c1ccc(C(=O)N2CCC[C@H]2Cc2ccccc2)cc1. The van der Waals surface area contributed by atoms with Crippen LogP contribution in [0.25, 0.3) is 0 Å². The van der Waals surface area contributed by atoms with Gasteiger partial charge in [0.1, 0.15) is 0 Å². The van der Waals surface area contributed by atoms with E-state index in [1.165, 1.54) is 24.0 Å². The Kier molecular flexibility index (Phi) is 4.71. The Morgan fingerprint density at radius 3 is 2.38 bits per heavy atom. The molecule has 24 heavy (non-hydrogen) atoms. The van der Waals surface area contributed by atoms with Crippen molar-refractivity contribution in [3.05, 3.63) is 65.7 Å². The Hall–Kier alpha value is -2.14. The Balaban J connectivity index is 1.76. The molecule has 0 bridgehead atoms. The Morgan fingerprint density at radius 1 is 1.08 bits per heavy atom. The average molecular weight is 343 g/mol. The molecule has 1 saturated heterocycles. The molecule has 4 nitrogen and oxygen atoms in total. The minimum atomic E-state index is -3.24. The van der Waals surface area contributed by atoms with Crippen molar-refractivity contribution in [1.29, 1.82) is 0 Å². The van der Waals surface area contributed by atoms with E-state index in [2.05, 4.69) is 12.1 Å². The highest BCUT2D eigenvalue weighted by Gasteiger charge is 2.29. The van der Waals surface area contributed by atoms with Gasteiger partial charge in [0, 0.05) is 24.4 Å². The van der Waals surface area contributed by atoms with Crippen LogP contribution in [0.2, 0.25) is 0 Å². The number of carbonyl (C=O) groups excluding carboxylic acids is 1. The third-order valence-corrected chi connectivity index (χ3v) is 5.61. The van der Waals surface area contributed by atoms with Gasteiger partial charge in [-0.05, 0) is 49.1 Å². The Bertz CT molecular complexity index is 813. The minimum absolute atomic E-state index is 0.0199. The summed E-state index contributed by atoms with van der Waals surface area (Å²) in [5.41, 5.74) is 1.77. The Labute approximate surface area is 143 Å². The fourth-order valence-electron chi connectivity index (χ4n) is 3.21. The highest BCUT2D eigenvalue weighted by Crippen LogP contribution is 2.24. The predicted molar refractivity (Wildman–Crippen MR) is 93.8 cm³/mol. The van der Waals surface area contributed by atoms with E-state index in [0.717, 1.165) is 25.8 Å². The number of benzene rings is 2. The number of amides is 1. The largest absolute Gasteiger partial charge is 0.335 e. The summed E-state index contributed by atoms with van der Waals surface area (Å²) >= 11 is 0. The number of rotatable bonds is 4. The second-order valence-electron chi connectivity index (χ2n) is 6.28. The van der Waals surface area contributed by atoms with Gasteiger partial charge in [0.25, 0.3) is 5.91 Å². The molecule has 1 fully saturated rings. The molecule has 0 aliphatic carbocycles. The molecule has 1 atom stereocenters. The fraction of sp³-hybridized carbons (Fsp3) is 0.316. The number of hydrogen-bond donors (Lipinski definition) is 0. The molecule has 0 saturated carbocycles. The summed E-state index contributed by atoms with van der Waals surface area (Å²) in [6.45, 7) is 0.754. The lowest BCUT2D eigenvalue weighted by molar-refractivity contribution is 0.0736. The second kappa shape index (κ2) is 6.77. The topological polar surface area (TPSA) is 54.5 Å². The first kappa shape index (κ1) is 16.7. The molecular formula is C19H21NO3S. The van der Waals surface area contributed by atoms with Crippen LogP contribution < -0.4 is 0 Å². The molecule has 1 heterocycles. The fourth-order valence-corrected chi connectivity index (χ4v) is 3.84. The van der Waals surface area contributed by atoms with Crippen LogP contribution >= 0.6 is 0 Å². The van der Waals surface area contributed by atoms with Crippen LogP contribution in [0.15, 0.2) is 59.5 Å². The van der Waals surface area contributed by atoms with E-state index in [1.54, 1.807) is 12.1 Å². The van der Waals surface area contributed by atoms with Crippen LogP contribution in [0.4, 0.5) is 0 Å². The van der Waals surface area contributed by atoms with Crippen LogP contribution in [0.3, 0.4) is 0 Å². The zero-order valence-corrected chi connectivity index (χ0v) is 14.5. The number of likely N-dealkylation sites (tertiary alicyclic amines) is 1. The molecule has 0 unspecified atom stereocenters. The van der Waals surface area contributed by atoms with Crippen molar-refractivity contribution < 1.29 is 13.2 Å². The molecule has 0 radical (unpaired) electrons. The number of sulfone groups is 1. The summed E-state index contributed by atoms with van der Waals surface area (Å²) in [5.74, 6) is -0.0199. The summed E-state index contributed by atoms with van der Waals surface area (Å²) in [5, 5.41) is 0. The summed E-state index contributed by atoms with van der Waals surface area (Å²) in [7, 11) is -3.24. The van der Waals surface area contributed by atoms with E-state index in [1.807, 2.05) is 23.1 Å².